The van der Waals surface area contributed by atoms with Gasteiger partial charge in [-0.05, 0) is 111 Å². The van der Waals surface area contributed by atoms with Gasteiger partial charge in [0, 0.05) is 0 Å². The number of carbonyl (C=O) groups excluding carboxylic acids is 2. The first-order chi connectivity index (χ1) is 26.1. The third kappa shape index (κ3) is 5.78. The van der Waals surface area contributed by atoms with E-state index < -0.39 is 107 Å². The highest BCUT2D eigenvalue weighted by atomic mass is 16.7. The Morgan fingerprint density at radius 1 is 0.821 bits per heavy atom. The van der Waals surface area contributed by atoms with Crippen LogP contribution < -0.4 is 0 Å². The molecular weight excluding hydrogens is 728 g/mol. The number of hydrogen-bond acceptors (Lipinski definition) is 13. The molecule has 0 amide bonds. The van der Waals surface area contributed by atoms with Crippen LogP contribution in [0.4, 0.5) is 0 Å². The maximum Gasteiger partial charge on any atom is 0.315 e. The van der Waals surface area contributed by atoms with Crippen LogP contribution >= 0.6 is 0 Å². The summed E-state index contributed by atoms with van der Waals surface area (Å²) >= 11 is 0. The maximum atomic E-state index is 14.6. The molecule has 19 atom stereocenters. The summed E-state index contributed by atoms with van der Waals surface area (Å²) in [6.45, 7) is 13.9. The van der Waals surface area contributed by atoms with Crippen molar-refractivity contribution in [2.45, 2.75) is 168 Å². The summed E-state index contributed by atoms with van der Waals surface area (Å²) in [4.78, 5) is 41.4. The number of aliphatic carboxylic acids is 1. The summed E-state index contributed by atoms with van der Waals surface area (Å²) in [5.41, 5.74) is -3.01. The number of carboxylic acids is 1. The third-order valence-corrected chi connectivity index (χ3v) is 17.1. The van der Waals surface area contributed by atoms with E-state index in [9.17, 15) is 50.1 Å². The zero-order valence-electron chi connectivity index (χ0n) is 33.8. The Balaban J connectivity index is 1.21. The number of aliphatic hydroxyl groups excluding tert-OH is 6. The minimum absolute atomic E-state index is 0.0213. The van der Waals surface area contributed by atoms with Crippen molar-refractivity contribution in [2.75, 3.05) is 6.61 Å². The van der Waals surface area contributed by atoms with E-state index in [2.05, 4.69) is 47.6 Å². The van der Waals surface area contributed by atoms with E-state index in [1.54, 1.807) is 6.92 Å². The van der Waals surface area contributed by atoms with Gasteiger partial charge in [0.05, 0.1) is 29.6 Å². The highest BCUT2D eigenvalue weighted by Crippen LogP contribution is 2.76. The second-order valence-electron chi connectivity index (χ2n) is 19.8. The van der Waals surface area contributed by atoms with Gasteiger partial charge in [0.25, 0.3) is 0 Å². The zero-order valence-corrected chi connectivity index (χ0v) is 33.8. The van der Waals surface area contributed by atoms with Gasteiger partial charge in [-0.3, -0.25) is 14.4 Å². The Morgan fingerprint density at radius 2 is 1.52 bits per heavy atom. The Kier molecular flexibility index (Phi) is 10.8. The molecule has 0 aromatic carbocycles. The Morgan fingerprint density at radius 3 is 2.18 bits per heavy atom. The fourth-order valence-electron chi connectivity index (χ4n) is 13.8. The fraction of sp³-hybridized carbons (Fsp3) is 0.881. The number of aliphatic hydroxyl groups is 6. The molecule has 4 saturated carbocycles. The quantitative estimate of drug-likeness (QED) is 0.117. The summed E-state index contributed by atoms with van der Waals surface area (Å²) < 4.78 is 23.7. The Labute approximate surface area is 328 Å². The number of ketones is 1. The molecule has 56 heavy (non-hydrogen) atoms. The zero-order chi connectivity index (χ0) is 41.1. The van der Waals surface area contributed by atoms with E-state index in [0.29, 0.717) is 32.1 Å². The lowest BCUT2D eigenvalue weighted by Crippen LogP contribution is -2.68. The average Bonchev–Trinajstić information content (AvgIpc) is 3.14. The molecule has 7 N–H and O–H groups in total. The lowest BCUT2D eigenvalue weighted by atomic mass is 9.33. The van der Waals surface area contributed by atoms with Crippen LogP contribution in [0.25, 0.3) is 0 Å². The van der Waals surface area contributed by atoms with Crippen LogP contribution in [0.3, 0.4) is 0 Å². The molecule has 0 aromatic rings. The number of hydrogen-bond donors (Lipinski definition) is 7. The van der Waals surface area contributed by atoms with Crippen molar-refractivity contribution < 1.29 is 69.1 Å². The summed E-state index contributed by atoms with van der Waals surface area (Å²) in [5, 5.41) is 73.8. The highest BCUT2D eigenvalue weighted by molar-refractivity contribution is 5.88. The summed E-state index contributed by atoms with van der Waals surface area (Å²) in [5.74, 6) is -2.52. The number of carbonyl (C=O) groups is 3. The van der Waals surface area contributed by atoms with Crippen molar-refractivity contribution in [3.63, 3.8) is 0 Å². The van der Waals surface area contributed by atoms with Crippen molar-refractivity contribution in [3.8, 4) is 0 Å². The molecule has 2 saturated heterocycles. The van der Waals surface area contributed by atoms with Crippen molar-refractivity contribution in [1.82, 2.24) is 0 Å². The molecule has 0 radical (unpaired) electrons. The number of rotatable bonds is 6. The number of carboxylic acid groups (broad SMARTS) is 1. The van der Waals surface area contributed by atoms with Crippen molar-refractivity contribution in [3.05, 3.63) is 11.6 Å². The number of allylic oxidation sites excluding steroid dienone is 1. The number of ether oxygens (including phenoxy) is 4. The molecule has 2 heterocycles. The minimum atomic E-state index is -1.75. The van der Waals surface area contributed by atoms with E-state index in [-0.39, 0.29) is 48.0 Å². The molecule has 14 heteroatoms. The lowest BCUT2D eigenvalue weighted by molar-refractivity contribution is -0.298. The highest BCUT2D eigenvalue weighted by Gasteiger charge is 2.74. The van der Waals surface area contributed by atoms with Gasteiger partial charge in [-0.25, -0.2) is 0 Å². The van der Waals surface area contributed by atoms with E-state index in [1.807, 2.05) is 0 Å². The number of esters is 1. The maximum absolute atomic E-state index is 14.6. The second-order valence-corrected chi connectivity index (χ2v) is 19.8. The first-order valence-corrected chi connectivity index (χ1v) is 20.8. The molecule has 0 aromatic heterocycles. The number of fused-ring (bicyclic) bond motifs is 7. The van der Waals surface area contributed by atoms with Gasteiger partial charge >= 0.3 is 11.9 Å². The molecule has 0 bridgehead atoms. The van der Waals surface area contributed by atoms with Crippen LogP contribution in [0.2, 0.25) is 0 Å². The monoisotopic (exact) mass is 792 g/mol. The van der Waals surface area contributed by atoms with Crippen LogP contribution in [-0.2, 0) is 33.3 Å². The molecule has 7 rings (SSSR count). The Bertz CT molecular complexity index is 1600. The van der Waals surface area contributed by atoms with Gasteiger partial charge in [0.1, 0.15) is 30.5 Å². The molecule has 316 valence electrons. The minimum Gasteiger partial charge on any atom is -0.481 e. The summed E-state index contributed by atoms with van der Waals surface area (Å²) in [6.07, 6.45) is -6.29. The lowest BCUT2D eigenvalue weighted by Gasteiger charge is -2.70. The standard InChI is InChI=1S/C42H64O14/c1-19-10-15-41(37(52)56-35-33(49)31(47)29(45)23(18-43)54-35)16-17-42(36(50)51)22(27(41)20(19)2)8-9-25-39(6)13-12-26(38(4,5)24(39)11-14-40(25,42)7)55-34-32(48)30(46)28(44)21(3)53-34/h8,19-21,23-29,31-35,43-45,47-49H,9-18H2,1-7H3,(H,50,51). The van der Waals surface area contributed by atoms with E-state index >= 15 is 0 Å². The van der Waals surface area contributed by atoms with Crippen molar-refractivity contribution >= 4 is 17.7 Å². The first kappa shape index (κ1) is 42.1. The predicted molar refractivity (Wildman–Crippen MR) is 197 cm³/mol. The van der Waals surface area contributed by atoms with E-state index in [4.69, 9.17) is 18.9 Å². The summed E-state index contributed by atoms with van der Waals surface area (Å²) in [7, 11) is 0. The SMILES string of the molecule is CC1CCC2(C(=O)OC3OC(CO)C(O)C(O)C3O)CCC3(C(=O)O)C(=CCC4C5(C)CCC(OC6OC(C)C(O)C(=O)C6O)C(C)(C)C5CCC43C)C2C1C. The van der Waals surface area contributed by atoms with E-state index in [0.717, 1.165) is 18.4 Å². The summed E-state index contributed by atoms with van der Waals surface area (Å²) in [6, 6.07) is 0. The molecule has 7 aliphatic rings. The first-order valence-electron chi connectivity index (χ1n) is 20.8. The smallest absolute Gasteiger partial charge is 0.315 e. The van der Waals surface area contributed by atoms with Gasteiger partial charge in [-0.1, -0.05) is 53.2 Å². The number of Topliss-reactive ketones (excluding diaryl/α,β-unsaturated/α-hetero) is 1. The van der Waals surface area contributed by atoms with Gasteiger partial charge in [-0.2, -0.15) is 0 Å². The van der Waals surface area contributed by atoms with Crippen LogP contribution in [0.15, 0.2) is 11.6 Å². The van der Waals surface area contributed by atoms with Gasteiger partial charge in [0.2, 0.25) is 6.29 Å². The molecular formula is C42H64O14. The molecule has 5 aliphatic carbocycles. The van der Waals surface area contributed by atoms with Crippen LogP contribution in [0.5, 0.6) is 0 Å². The normalized spacial score (nSPS) is 52.7. The van der Waals surface area contributed by atoms with Crippen LogP contribution in [0, 0.1) is 56.7 Å². The fourth-order valence-corrected chi connectivity index (χ4v) is 13.8. The molecule has 6 fully saturated rings. The van der Waals surface area contributed by atoms with Crippen molar-refractivity contribution in [1.29, 1.82) is 0 Å². The van der Waals surface area contributed by atoms with Gasteiger partial charge in [0.15, 0.2) is 18.2 Å². The van der Waals surface area contributed by atoms with Crippen LogP contribution in [-0.4, -0.2) is 121 Å². The van der Waals surface area contributed by atoms with Crippen molar-refractivity contribution in [2.24, 2.45) is 56.7 Å². The van der Waals surface area contributed by atoms with Gasteiger partial charge < -0.3 is 54.7 Å². The average molecular weight is 793 g/mol. The molecule has 19 unspecified atom stereocenters. The predicted octanol–water partition coefficient (Wildman–Crippen LogP) is 2.47. The topological polar surface area (TPSA) is 230 Å². The van der Waals surface area contributed by atoms with Gasteiger partial charge in [-0.15, -0.1) is 0 Å². The molecule has 2 aliphatic heterocycles. The third-order valence-electron chi connectivity index (χ3n) is 17.1. The Hall–Kier alpha value is -2.01. The van der Waals surface area contributed by atoms with Crippen LogP contribution in [0.1, 0.15) is 106 Å². The van der Waals surface area contributed by atoms with E-state index in [1.165, 1.54) is 0 Å². The largest absolute Gasteiger partial charge is 0.481 e. The second kappa shape index (κ2) is 14.3. The molecule has 0 spiro atoms. The molecule has 14 nitrogen and oxygen atoms in total.